The first kappa shape index (κ1) is 15.8. The molecule has 112 valence electrons. The van der Waals surface area contributed by atoms with Gasteiger partial charge in [-0.15, -0.1) is 11.6 Å². The van der Waals surface area contributed by atoms with Crippen LogP contribution >= 0.6 is 11.6 Å². The Morgan fingerprint density at radius 3 is 2.43 bits per heavy atom. The Labute approximate surface area is 128 Å². The van der Waals surface area contributed by atoms with E-state index < -0.39 is 15.8 Å². The van der Waals surface area contributed by atoms with Crippen molar-refractivity contribution in [3.8, 4) is 0 Å². The summed E-state index contributed by atoms with van der Waals surface area (Å²) in [5.74, 6) is 0.0278. The number of rotatable bonds is 5. The second-order valence-corrected chi connectivity index (χ2v) is 6.66. The molecule has 0 fully saturated rings. The highest BCUT2D eigenvalue weighted by Gasteiger charge is 2.16. The van der Waals surface area contributed by atoms with Gasteiger partial charge in [0.15, 0.2) is 0 Å². The quantitative estimate of drug-likeness (QED) is 0.851. The number of nitrogens with one attached hydrogen (secondary N) is 1. The Bertz CT molecular complexity index is 730. The standard InChI is InChI=1S/C15H15ClFNO2S/c1-11-14(17)3-2-4-15(11)18-21(19,20)13-7-5-12(6-8-13)9-10-16/h2-8,18H,9-10H2,1H3. The van der Waals surface area contributed by atoms with Crippen molar-refractivity contribution in [1.82, 2.24) is 0 Å². The van der Waals surface area contributed by atoms with Crippen molar-refractivity contribution in [3.05, 3.63) is 59.4 Å². The molecule has 3 nitrogen and oxygen atoms in total. The smallest absolute Gasteiger partial charge is 0.261 e. The first-order valence-corrected chi connectivity index (χ1v) is 8.38. The molecule has 0 atom stereocenters. The van der Waals surface area contributed by atoms with Crippen molar-refractivity contribution in [2.75, 3.05) is 10.6 Å². The molecule has 0 radical (unpaired) electrons. The number of aryl methyl sites for hydroxylation is 1. The summed E-state index contributed by atoms with van der Waals surface area (Å²) < 4.78 is 40.4. The van der Waals surface area contributed by atoms with Gasteiger partial charge in [-0.2, -0.15) is 0 Å². The van der Waals surface area contributed by atoms with Gasteiger partial charge >= 0.3 is 0 Å². The third kappa shape index (κ3) is 3.74. The fourth-order valence-electron chi connectivity index (χ4n) is 1.87. The van der Waals surface area contributed by atoms with Crippen molar-refractivity contribution in [3.63, 3.8) is 0 Å². The Hall–Kier alpha value is -1.59. The van der Waals surface area contributed by atoms with Crippen LogP contribution in [0.5, 0.6) is 0 Å². The number of alkyl halides is 1. The zero-order valence-corrected chi connectivity index (χ0v) is 13.0. The largest absolute Gasteiger partial charge is 0.279 e. The summed E-state index contributed by atoms with van der Waals surface area (Å²) in [7, 11) is -3.73. The van der Waals surface area contributed by atoms with E-state index in [0.29, 0.717) is 12.3 Å². The van der Waals surface area contributed by atoms with Crippen LogP contribution in [0.15, 0.2) is 47.4 Å². The van der Waals surface area contributed by atoms with Crippen molar-refractivity contribution in [2.24, 2.45) is 0 Å². The summed E-state index contributed by atoms with van der Waals surface area (Å²) in [6, 6.07) is 10.7. The van der Waals surface area contributed by atoms with Gasteiger partial charge in [0.25, 0.3) is 10.0 Å². The number of halogens is 2. The maximum Gasteiger partial charge on any atom is 0.261 e. The molecule has 0 aliphatic rings. The number of benzene rings is 2. The molecule has 0 heterocycles. The monoisotopic (exact) mass is 327 g/mol. The fraction of sp³-hybridized carbons (Fsp3) is 0.200. The van der Waals surface area contributed by atoms with Gasteiger partial charge in [-0.05, 0) is 43.2 Å². The van der Waals surface area contributed by atoms with Gasteiger partial charge in [0, 0.05) is 11.4 Å². The number of hydrogen-bond acceptors (Lipinski definition) is 2. The molecule has 6 heteroatoms. The third-order valence-electron chi connectivity index (χ3n) is 3.13. The maximum atomic E-state index is 13.4. The van der Waals surface area contributed by atoms with E-state index in [2.05, 4.69) is 4.72 Å². The summed E-state index contributed by atoms with van der Waals surface area (Å²) in [5, 5.41) is 0. The first-order chi connectivity index (χ1) is 9.94. The van der Waals surface area contributed by atoms with Gasteiger partial charge in [-0.1, -0.05) is 18.2 Å². The van der Waals surface area contributed by atoms with Gasteiger partial charge in [0.1, 0.15) is 5.82 Å². The molecule has 0 spiro atoms. The maximum absolute atomic E-state index is 13.4. The highest BCUT2D eigenvalue weighted by atomic mass is 35.5. The molecule has 2 aromatic rings. The minimum Gasteiger partial charge on any atom is -0.279 e. The number of anilines is 1. The molecule has 0 amide bonds. The molecule has 0 bridgehead atoms. The molecule has 0 saturated heterocycles. The van der Waals surface area contributed by atoms with Crippen LogP contribution < -0.4 is 4.72 Å². The average molecular weight is 328 g/mol. The van der Waals surface area contributed by atoms with Crippen LogP contribution in [0.3, 0.4) is 0 Å². The topological polar surface area (TPSA) is 46.2 Å². The van der Waals surface area contributed by atoms with E-state index in [4.69, 9.17) is 11.6 Å². The molecule has 0 aliphatic heterocycles. The highest BCUT2D eigenvalue weighted by Crippen LogP contribution is 2.21. The summed E-state index contributed by atoms with van der Waals surface area (Å²) >= 11 is 5.64. The zero-order chi connectivity index (χ0) is 15.5. The van der Waals surface area contributed by atoms with Gasteiger partial charge in [0.05, 0.1) is 10.6 Å². The van der Waals surface area contributed by atoms with Crippen molar-refractivity contribution < 1.29 is 12.8 Å². The molecule has 0 unspecified atom stereocenters. The highest BCUT2D eigenvalue weighted by molar-refractivity contribution is 7.92. The summed E-state index contributed by atoms with van der Waals surface area (Å²) in [6.07, 6.45) is 0.679. The molecular formula is C15H15ClFNO2S. The summed E-state index contributed by atoms with van der Waals surface area (Å²) in [5.41, 5.74) is 1.46. The minimum atomic E-state index is -3.73. The first-order valence-electron chi connectivity index (χ1n) is 6.37. The fourth-order valence-corrected chi connectivity index (χ4v) is 3.21. The lowest BCUT2D eigenvalue weighted by Gasteiger charge is -2.11. The van der Waals surface area contributed by atoms with E-state index in [1.54, 1.807) is 12.1 Å². The molecule has 1 N–H and O–H groups in total. The average Bonchev–Trinajstić information content (AvgIpc) is 2.45. The lowest BCUT2D eigenvalue weighted by Crippen LogP contribution is -2.14. The van der Waals surface area contributed by atoms with Crippen LogP contribution in [-0.4, -0.2) is 14.3 Å². The van der Waals surface area contributed by atoms with Gasteiger partial charge < -0.3 is 0 Å². The van der Waals surface area contributed by atoms with E-state index in [9.17, 15) is 12.8 Å². The van der Waals surface area contributed by atoms with Gasteiger partial charge in [-0.3, -0.25) is 4.72 Å². The second-order valence-electron chi connectivity index (χ2n) is 4.60. The molecule has 0 saturated carbocycles. The molecule has 0 aromatic heterocycles. The van der Waals surface area contributed by atoms with E-state index in [1.807, 2.05) is 0 Å². The van der Waals surface area contributed by atoms with Crippen LogP contribution in [0.1, 0.15) is 11.1 Å². The van der Waals surface area contributed by atoms with Gasteiger partial charge in [-0.25, -0.2) is 12.8 Å². The van der Waals surface area contributed by atoms with E-state index in [1.165, 1.54) is 37.3 Å². The SMILES string of the molecule is Cc1c(F)cccc1NS(=O)(=O)c1ccc(CCCl)cc1. The van der Waals surface area contributed by atoms with Crippen molar-refractivity contribution in [1.29, 1.82) is 0 Å². The Morgan fingerprint density at radius 2 is 1.81 bits per heavy atom. The van der Waals surface area contributed by atoms with Crippen LogP contribution in [0, 0.1) is 12.7 Å². The molecular weight excluding hydrogens is 313 g/mol. The van der Waals surface area contributed by atoms with Crippen LogP contribution in [0.4, 0.5) is 10.1 Å². The van der Waals surface area contributed by atoms with Crippen LogP contribution in [0.2, 0.25) is 0 Å². The Kier molecular flexibility index (Phi) is 4.85. The van der Waals surface area contributed by atoms with Crippen molar-refractivity contribution in [2.45, 2.75) is 18.2 Å². The summed E-state index contributed by atoms with van der Waals surface area (Å²) in [6.45, 7) is 1.52. The molecule has 21 heavy (non-hydrogen) atoms. The summed E-state index contributed by atoms with van der Waals surface area (Å²) in [4.78, 5) is 0.129. The van der Waals surface area contributed by atoms with Gasteiger partial charge in [0.2, 0.25) is 0 Å². The van der Waals surface area contributed by atoms with E-state index in [-0.39, 0.29) is 16.1 Å². The molecule has 2 aromatic carbocycles. The zero-order valence-electron chi connectivity index (χ0n) is 11.4. The third-order valence-corrected chi connectivity index (χ3v) is 4.70. The molecule has 0 aliphatic carbocycles. The van der Waals surface area contributed by atoms with E-state index >= 15 is 0 Å². The second kappa shape index (κ2) is 6.45. The minimum absolute atomic E-state index is 0.129. The van der Waals surface area contributed by atoms with E-state index in [0.717, 1.165) is 5.56 Å². The number of sulfonamides is 1. The van der Waals surface area contributed by atoms with Crippen molar-refractivity contribution >= 4 is 27.3 Å². The lowest BCUT2D eigenvalue weighted by atomic mass is 10.2. The Balaban J connectivity index is 2.27. The predicted molar refractivity (Wildman–Crippen MR) is 82.8 cm³/mol. The predicted octanol–water partition coefficient (Wildman–Crippen LogP) is 3.72. The lowest BCUT2D eigenvalue weighted by molar-refractivity contribution is 0.600. The normalized spacial score (nSPS) is 11.4. The van der Waals surface area contributed by atoms with Crippen LogP contribution in [-0.2, 0) is 16.4 Å². The molecule has 2 rings (SSSR count). The number of hydrogen-bond donors (Lipinski definition) is 1. The Morgan fingerprint density at radius 1 is 1.14 bits per heavy atom. The van der Waals surface area contributed by atoms with Crippen LogP contribution in [0.25, 0.3) is 0 Å².